The van der Waals surface area contributed by atoms with Gasteiger partial charge in [-0.15, -0.1) is 12.4 Å². The molecule has 21 heavy (non-hydrogen) atoms. The molecule has 0 heterocycles. The molecule has 1 aromatic rings. The minimum atomic E-state index is -0.709. The molecule has 118 valence electrons. The summed E-state index contributed by atoms with van der Waals surface area (Å²) in [7, 11) is 0. The molecule has 0 atom stereocenters. The molecule has 0 aliphatic heterocycles. The van der Waals surface area contributed by atoms with E-state index in [4.69, 9.17) is 5.73 Å². The Labute approximate surface area is 129 Å². The van der Waals surface area contributed by atoms with Crippen LogP contribution >= 0.6 is 12.4 Å². The van der Waals surface area contributed by atoms with Gasteiger partial charge in [0.05, 0.1) is 10.5 Å². The van der Waals surface area contributed by atoms with E-state index < -0.39 is 27.8 Å². The summed E-state index contributed by atoms with van der Waals surface area (Å²) < 4.78 is 0. The third kappa shape index (κ3) is 4.30. The lowest BCUT2D eigenvalue weighted by Crippen LogP contribution is -2.52. The molecule has 4 N–H and O–H groups in total. The lowest BCUT2D eigenvalue weighted by atomic mass is 9.92. The van der Waals surface area contributed by atoms with Crippen molar-refractivity contribution >= 4 is 24.0 Å². The number of nitrogens with two attached hydrogens (primary N) is 1. The van der Waals surface area contributed by atoms with Crippen LogP contribution in [-0.2, 0) is 0 Å². The predicted octanol–water partition coefficient (Wildman–Crippen LogP) is 1.97. The summed E-state index contributed by atoms with van der Waals surface area (Å²) in [6.45, 7) is 4.14. The smallest absolute Gasteiger partial charge is 0.310 e. The molecular formula is C13H20ClN3O4. The number of halogens is 1. The molecule has 1 aromatic carbocycles. The molecule has 0 aliphatic carbocycles. The van der Waals surface area contributed by atoms with Crippen molar-refractivity contribution in [2.45, 2.75) is 32.2 Å². The number of nitrogens with zero attached hydrogens (tertiary/aromatic N) is 1. The van der Waals surface area contributed by atoms with E-state index in [0.717, 1.165) is 12.1 Å². The lowest BCUT2D eigenvalue weighted by Gasteiger charge is -2.31. The predicted molar refractivity (Wildman–Crippen MR) is 81.8 cm³/mol. The largest absolute Gasteiger partial charge is 0.502 e. The van der Waals surface area contributed by atoms with Crippen LogP contribution in [0.1, 0.15) is 37.0 Å². The number of rotatable bonds is 6. The maximum Gasteiger partial charge on any atom is 0.310 e. The number of hydrogen-bond donors (Lipinski definition) is 3. The summed E-state index contributed by atoms with van der Waals surface area (Å²) in [6.07, 6.45) is 1.34. The molecule has 0 bridgehead atoms. The van der Waals surface area contributed by atoms with Gasteiger partial charge in [-0.1, -0.05) is 13.8 Å². The van der Waals surface area contributed by atoms with Crippen LogP contribution < -0.4 is 11.1 Å². The van der Waals surface area contributed by atoms with E-state index in [1.165, 1.54) is 6.07 Å². The Kier molecular flexibility index (Phi) is 7.11. The summed E-state index contributed by atoms with van der Waals surface area (Å²) in [5.74, 6) is -0.946. The standard InChI is InChI=1S/C13H19N3O4.ClH/c1-3-13(4-2,8-14)15-12(18)9-5-6-10(16(19)20)11(17)7-9;/h5-7,17H,3-4,8,14H2,1-2H3,(H,15,18);1H. The van der Waals surface area contributed by atoms with Crippen LogP contribution in [0.15, 0.2) is 18.2 Å². The van der Waals surface area contributed by atoms with Gasteiger partial charge < -0.3 is 16.2 Å². The molecule has 0 radical (unpaired) electrons. The number of aromatic hydroxyl groups is 1. The van der Waals surface area contributed by atoms with Gasteiger partial charge in [0.15, 0.2) is 5.75 Å². The number of phenolic OH excluding ortho intramolecular Hbond substituents is 1. The normalized spacial score (nSPS) is 10.6. The monoisotopic (exact) mass is 317 g/mol. The number of benzene rings is 1. The first-order chi connectivity index (χ1) is 9.39. The number of nitrogens with one attached hydrogen (secondary N) is 1. The van der Waals surface area contributed by atoms with Crippen molar-refractivity contribution < 1.29 is 14.8 Å². The van der Waals surface area contributed by atoms with Gasteiger partial charge in [-0.2, -0.15) is 0 Å². The van der Waals surface area contributed by atoms with Gasteiger partial charge in [-0.3, -0.25) is 14.9 Å². The lowest BCUT2D eigenvalue weighted by molar-refractivity contribution is -0.385. The second kappa shape index (κ2) is 7.80. The zero-order chi connectivity index (χ0) is 15.3. The van der Waals surface area contributed by atoms with Gasteiger partial charge in [0.25, 0.3) is 5.91 Å². The van der Waals surface area contributed by atoms with Crippen LogP contribution in [0, 0.1) is 10.1 Å². The Morgan fingerprint density at radius 2 is 2.00 bits per heavy atom. The molecule has 0 spiro atoms. The number of amides is 1. The minimum Gasteiger partial charge on any atom is -0.502 e. The van der Waals surface area contributed by atoms with Gasteiger partial charge in [0, 0.05) is 18.2 Å². The minimum absolute atomic E-state index is 0. The molecule has 0 saturated heterocycles. The van der Waals surface area contributed by atoms with E-state index in [1.54, 1.807) is 0 Å². The van der Waals surface area contributed by atoms with Gasteiger partial charge in [-0.05, 0) is 25.0 Å². The Morgan fingerprint density at radius 3 is 2.38 bits per heavy atom. The second-order valence-corrected chi connectivity index (χ2v) is 4.61. The molecule has 0 saturated carbocycles. The van der Waals surface area contributed by atoms with Crippen LogP contribution in [-0.4, -0.2) is 28.0 Å². The van der Waals surface area contributed by atoms with Crippen LogP contribution in [0.5, 0.6) is 5.75 Å². The molecular weight excluding hydrogens is 298 g/mol. The molecule has 0 unspecified atom stereocenters. The number of nitro benzene ring substituents is 1. The van der Waals surface area contributed by atoms with Crippen molar-refractivity contribution in [1.82, 2.24) is 5.32 Å². The number of nitro groups is 1. The highest BCUT2D eigenvalue weighted by atomic mass is 35.5. The van der Waals surface area contributed by atoms with E-state index in [2.05, 4.69) is 5.32 Å². The molecule has 1 amide bonds. The topological polar surface area (TPSA) is 118 Å². The Hall–Kier alpha value is -1.86. The zero-order valence-electron chi connectivity index (χ0n) is 12.0. The first-order valence-electron chi connectivity index (χ1n) is 6.39. The number of carbonyl (C=O) groups excluding carboxylic acids is 1. The third-order valence-electron chi connectivity index (χ3n) is 3.56. The first-order valence-corrected chi connectivity index (χ1v) is 6.39. The van der Waals surface area contributed by atoms with E-state index in [1.807, 2.05) is 13.8 Å². The van der Waals surface area contributed by atoms with E-state index in [0.29, 0.717) is 19.4 Å². The summed E-state index contributed by atoms with van der Waals surface area (Å²) in [5, 5.41) is 23.0. The average molecular weight is 318 g/mol. The maximum atomic E-state index is 12.1. The summed E-state index contributed by atoms with van der Waals surface area (Å²) in [4.78, 5) is 22.0. The van der Waals surface area contributed by atoms with Gasteiger partial charge in [0.2, 0.25) is 0 Å². The van der Waals surface area contributed by atoms with Crippen LogP contribution in [0.3, 0.4) is 0 Å². The van der Waals surface area contributed by atoms with Crippen molar-refractivity contribution in [2.24, 2.45) is 5.73 Å². The fourth-order valence-corrected chi connectivity index (χ4v) is 1.90. The quantitative estimate of drug-likeness (QED) is 0.547. The van der Waals surface area contributed by atoms with E-state index in [9.17, 15) is 20.0 Å². The van der Waals surface area contributed by atoms with Crippen LogP contribution in [0.4, 0.5) is 5.69 Å². The van der Waals surface area contributed by atoms with Crippen LogP contribution in [0.25, 0.3) is 0 Å². The van der Waals surface area contributed by atoms with Crippen molar-refractivity contribution in [2.75, 3.05) is 6.54 Å². The SMILES string of the molecule is CCC(CC)(CN)NC(=O)c1ccc([N+](=O)[O-])c(O)c1.Cl. The van der Waals surface area contributed by atoms with Gasteiger partial charge in [0.1, 0.15) is 0 Å². The van der Waals surface area contributed by atoms with Crippen LogP contribution in [0.2, 0.25) is 0 Å². The Morgan fingerprint density at radius 1 is 1.43 bits per heavy atom. The average Bonchev–Trinajstić information content (AvgIpc) is 2.44. The van der Waals surface area contributed by atoms with Crippen molar-refractivity contribution in [3.63, 3.8) is 0 Å². The highest BCUT2D eigenvalue weighted by molar-refractivity contribution is 5.95. The zero-order valence-corrected chi connectivity index (χ0v) is 12.8. The molecule has 0 aliphatic rings. The fourth-order valence-electron chi connectivity index (χ4n) is 1.90. The Bertz CT molecular complexity index is 510. The fraction of sp³-hybridized carbons (Fsp3) is 0.462. The van der Waals surface area contributed by atoms with E-state index >= 15 is 0 Å². The van der Waals surface area contributed by atoms with Crippen molar-refractivity contribution in [3.8, 4) is 5.75 Å². The van der Waals surface area contributed by atoms with E-state index in [-0.39, 0.29) is 18.0 Å². The summed E-state index contributed by atoms with van der Waals surface area (Å²) in [5.41, 5.74) is 4.92. The summed E-state index contributed by atoms with van der Waals surface area (Å²) >= 11 is 0. The van der Waals surface area contributed by atoms with Gasteiger partial charge >= 0.3 is 5.69 Å². The first kappa shape index (κ1) is 19.1. The van der Waals surface area contributed by atoms with Gasteiger partial charge in [-0.25, -0.2) is 0 Å². The molecule has 7 nitrogen and oxygen atoms in total. The van der Waals surface area contributed by atoms with Crippen molar-refractivity contribution in [1.29, 1.82) is 0 Å². The number of phenols is 1. The molecule has 0 aromatic heterocycles. The van der Waals surface area contributed by atoms with Crippen molar-refractivity contribution in [3.05, 3.63) is 33.9 Å². The highest BCUT2D eigenvalue weighted by Gasteiger charge is 2.27. The summed E-state index contributed by atoms with van der Waals surface area (Å²) in [6, 6.07) is 3.49. The molecule has 1 rings (SSSR count). The molecule has 8 heteroatoms. The second-order valence-electron chi connectivity index (χ2n) is 4.61. The number of carbonyl (C=O) groups is 1. The Balaban J connectivity index is 0.00000400. The highest BCUT2D eigenvalue weighted by Crippen LogP contribution is 2.26. The number of hydrogen-bond acceptors (Lipinski definition) is 5. The maximum absolute atomic E-state index is 12.1. The molecule has 0 fully saturated rings. The third-order valence-corrected chi connectivity index (χ3v) is 3.56.